The van der Waals surface area contributed by atoms with Crippen LogP contribution < -0.4 is 15.4 Å². The van der Waals surface area contributed by atoms with Crippen LogP contribution in [0.25, 0.3) is 0 Å². The monoisotopic (exact) mass is 371 g/mol. The Bertz CT molecular complexity index is 795. The molecule has 1 aliphatic rings. The van der Waals surface area contributed by atoms with E-state index < -0.39 is 5.37 Å². The Hall–Kier alpha value is -2.67. The van der Waals surface area contributed by atoms with Gasteiger partial charge in [0.2, 0.25) is 0 Å². The second-order valence-corrected chi connectivity index (χ2v) is 6.98. The number of ether oxygens (including phenoxy) is 1. The number of imide groups is 1. The Kier molecular flexibility index (Phi) is 5.68. The number of hydrogen-bond acceptors (Lipinski definition) is 6. The van der Waals surface area contributed by atoms with Gasteiger partial charge >= 0.3 is 0 Å². The zero-order valence-corrected chi connectivity index (χ0v) is 15.5. The van der Waals surface area contributed by atoms with Crippen molar-refractivity contribution in [3.63, 3.8) is 0 Å². The molecule has 0 aliphatic carbocycles. The van der Waals surface area contributed by atoms with Crippen molar-refractivity contribution in [2.45, 2.75) is 12.3 Å². The first-order valence-electron chi connectivity index (χ1n) is 8.30. The van der Waals surface area contributed by atoms with Gasteiger partial charge in [-0.1, -0.05) is 12.1 Å². The van der Waals surface area contributed by atoms with E-state index in [2.05, 4.69) is 10.6 Å². The minimum absolute atomic E-state index is 0.220. The number of carbonyl (C=O) groups is 2. The van der Waals surface area contributed by atoms with Crippen molar-refractivity contribution in [2.24, 2.45) is 0 Å². The SMILES string of the molecule is COc1ccc(N[C@@H]2SC(=O)N(CCNc3cccc(C)c3)C2=O)cc1. The van der Waals surface area contributed by atoms with Gasteiger partial charge in [0.15, 0.2) is 5.37 Å². The van der Waals surface area contributed by atoms with E-state index in [1.165, 1.54) is 4.90 Å². The summed E-state index contributed by atoms with van der Waals surface area (Å²) in [7, 11) is 1.60. The Labute approximate surface area is 156 Å². The van der Waals surface area contributed by atoms with Crippen LogP contribution in [0.4, 0.5) is 16.2 Å². The van der Waals surface area contributed by atoms with Crippen molar-refractivity contribution in [2.75, 3.05) is 30.8 Å². The number of anilines is 2. The lowest BCUT2D eigenvalue weighted by molar-refractivity contribution is -0.126. The lowest BCUT2D eigenvalue weighted by atomic mass is 10.2. The minimum Gasteiger partial charge on any atom is -0.497 e. The highest BCUT2D eigenvalue weighted by Gasteiger charge is 2.39. The van der Waals surface area contributed by atoms with Gasteiger partial charge in [-0.2, -0.15) is 0 Å². The number of nitrogens with zero attached hydrogens (tertiary/aromatic N) is 1. The van der Waals surface area contributed by atoms with Crippen molar-refractivity contribution in [1.29, 1.82) is 0 Å². The van der Waals surface area contributed by atoms with Crippen LogP contribution in [0.3, 0.4) is 0 Å². The molecule has 0 saturated carbocycles. The van der Waals surface area contributed by atoms with Gasteiger partial charge in [0.05, 0.1) is 7.11 Å². The molecule has 1 atom stereocenters. The zero-order valence-electron chi connectivity index (χ0n) is 14.7. The van der Waals surface area contributed by atoms with Gasteiger partial charge in [-0.05, 0) is 60.6 Å². The second-order valence-electron chi connectivity index (χ2n) is 5.92. The summed E-state index contributed by atoms with van der Waals surface area (Å²) in [6.45, 7) is 2.86. The quantitative estimate of drug-likeness (QED) is 0.776. The highest BCUT2D eigenvalue weighted by molar-refractivity contribution is 8.15. The molecule has 1 saturated heterocycles. The van der Waals surface area contributed by atoms with Crippen LogP contribution in [0.1, 0.15) is 5.56 Å². The van der Waals surface area contributed by atoms with Gasteiger partial charge in [0.25, 0.3) is 11.1 Å². The number of amides is 2. The maximum atomic E-state index is 12.5. The largest absolute Gasteiger partial charge is 0.497 e. The third-order valence-electron chi connectivity index (χ3n) is 4.00. The fraction of sp³-hybridized carbons (Fsp3) is 0.263. The number of benzene rings is 2. The first kappa shape index (κ1) is 18.1. The molecule has 2 aromatic rings. The van der Waals surface area contributed by atoms with Crippen LogP contribution in [-0.4, -0.2) is 41.6 Å². The molecule has 0 radical (unpaired) electrons. The summed E-state index contributed by atoms with van der Waals surface area (Å²) < 4.78 is 5.11. The van der Waals surface area contributed by atoms with Crippen LogP contribution in [0.2, 0.25) is 0 Å². The summed E-state index contributed by atoms with van der Waals surface area (Å²) in [5, 5.41) is 5.50. The van der Waals surface area contributed by atoms with Crippen LogP contribution in [-0.2, 0) is 4.79 Å². The highest BCUT2D eigenvalue weighted by Crippen LogP contribution is 2.28. The molecule has 7 heteroatoms. The van der Waals surface area contributed by atoms with E-state index in [0.29, 0.717) is 13.1 Å². The molecule has 1 heterocycles. The van der Waals surface area contributed by atoms with Crippen LogP contribution in [0, 0.1) is 6.92 Å². The maximum Gasteiger partial charge on any atom is 0.290 e. The van der Waals surface area contributed by atoms with Crippen molar-refractivity contribution < 1.29 is 14.3 Å². The van der Waals surface area contributed by atoms with Crippen LogP contribution >= 0.6 is 11.8 Å². The van der Waals surface area contributed by atoms with Gasteiger partial charge in [-0.3, -0.25) is 14.5 Å². The van der Waals surface area contributed by atoms with Crippen molar-refractivity contribution in [3.8, 4) is 5.75 Å². The molecule has 0 aromatic heterocycles. The lowest BCUT2D eigenvalue weighted by Gasteiger charge is -2.16. The summed E-state index contributed by atoms with van der Waals surface area (Å²) >= 11 is 1.00. The van der Waals surface area contributed by atoms with Gasteiger partial charge in [0.1, 0.15) is 5.75 Å². The van der Waals surface area contributed by atoms with Gasteiger partial charge in [0, 0.05) is 24.5 Å². The van der Waals surface area contributed by atoms with E-state index >= 15 is 0 Å². The summed E-state index contributed by atoms with van der Waals surface area (Å²) in [5.74, 6) is 0.516. The molecule has 2 aromatic carbocycles. The molecule has 2 amide bonds. The summed E-state index contributed by atoms with van der Waals surface area (Å²) in [6, 6.07) is 15.2. The van der Waals surface area contributed by atoms with E-state index in [4.69, 9.17) is 4.74 Å². The fourth-order valence-corrected chi connectivity index (χ4v) is 3.58. The number of rotatable bonds is 7. The molecule has 136 valence electrons. The van der Waals surface area contributed by atoms with Crippen molar-refractivity contribution in [1.82, 2.24) is 4.90 Å². The average molecular weight is 371 g/mol. The second kappa shape index (κ2) is 8.14. The van der Waals surface area contributed by atoms with E-state index in [1.807, 2.05) is 43.3 Å². The predicted molar refractivity (Wildman–Crippen MR) is 105 cm³/mol. The standard InChI is InChI=1S/C19H21N3O3S/c1-13-4-3-5-15(12-13)20-10-11-22-18(23)17(26-19(22)24)21-14-6-8-16(25-2)9-7-14/h3-9,12,17,20-21H,10-11H2,1-2H3/t17-/m1/s1. The Morgan fingerprint density at radius 3 is 2.58 bits per heavy atom. The first-order valence-corrected chi connectivity index (χ1v) is 9.18. The van der Waals surface area contributed by atoms with Gasteiger partial charge < -0.3 is 15.4 Å². The number of aryl methyl sites for hydroxylation is 1. The normalized spacial score (nSPS) is 16.7. The van der Waals surface area contributed by atoms with Crippen LogP contribution in [0.15, 0.2) is 48.5 Å². The smallest absolute Gasteiger partial charge is 0.290 e. The Morgan fingerprint density at radius 2 is 1.88 bits per heavy atom. The van der Waals surface area contributed by atoms with E-state index in [1.54, 1.807) is 19.2 Å². The maximum absolute atomic E-state index is 12.5. The number of carbonyl (C=O) groups excluding carboxylic acids is 2. The van der Waals surface area contributed by atoms with E-state index in [-0.39, 0.29) is 11.1 Å². The molecule has 6 nitrogen and oxygen atoms in total. The van der Waals surface area contributed by atoms with Crippen molar-refractivity contribution >= 4 is 34.3 Å². The van der Waals surface area contributed by atoms with E-state index in [9.17, 15) is 9.59 Å². The average Bonchev–Trinajstić information content (AvgIpc) is 2.90. The summed E-state index contributed by atoms with van der Waals surface area (Å²) in [5.41, 5.74) is 2.90. The molecule has 0 bridgehead atoms. The topological polar surface area (TPSA) is 70.7 Å². The minimum atomic E-state index is -0.602. The van der Waals surface area contributed by atoms with Gasteiger partial charge in [-0.15, -0.1) is 0 Å². The fourth-order valence-electron chi connectivity index (χ4n) is 2.64. The summed E-state index contributed by atoms with van der Waals surface area (Å²) in [4.78, 5) is 26.0. The molecule has 1 aliphatic heterocycles. The number of methoxy groups -OCH3 is 1. The third kappa shape index (κ3) is 4.29. The number of hydrogen-bond donors (Lipinski definition) is 2. The molecule has 0 spiro atoms. The summed E-state index contributed by atoms with van der Waals surface area (Å²) in [6.07, 6.45) is 0. The lowest BCUT2D eigenvalue weighted by Crippen LogP contribution is -2.37. The van der Waals surface area contributed by atoms with Crippen LogP contribution in [0.5, 0.6) is 5.75 Å². The molecule has 1 fully saturated rings. The predicted octanol–water partition coefficient (Wildman–Crippen LogP) is 3.55. The Morgan fingerprint density at radius 1 is 1.12 bits per heavy atom. The molecule has 3 rings (SSSR count). The highest BCUT2D eigenvalue weighted by atomic mass is 32.2. The molecular weight excluding hydrogens is 350 g/mol. The van der Waals surface area contributed by atoms with E-state index in [0.717, 1.165) is 34.4 Å². The molecule has 0 unspecified atom stereocenters. The third-order valence-corrected chi connectivity index (χ3v) is 4.98. The molecule has 26 heavy (non-hydrogen) atoms. The Balaban J connectivity index is 1.54. The number of thioether (sulfide) groups is 1. The first-order chi connectivity index (χ1) is 12.6. The van der Waals surface area contributed by atoms with Crippen molar-refractivity contribution in [3.05, 3.63) is 54.1 Å². The molecule has 2 N–H and O–H groups in total. The zero-order chi connectivity index (χ0) is 18.5. The molecular formula is C19H21N3O3S. The van der Waals surface area contributed by atoms with Gasteiger partial charge in [-0.25, -0.2) is 0 Å². The number of nitrogens with one attached hydrogen (secondary N) is 2.